The predicted octanol–water partition coefficient (Wildman–Crippen LogP) is 6.74. The number of benzene rings is 3. The van der Waals surface area contributed by atoms with Crippen molar-refractivity contribution in [2.75, 3.05) is 26.8 Å². The molecule has 10 nitrogen and oxygen atoms in total. The van der Waals surface area contributed by atoms with Gasteiger partial charge in [-0.2, -0.15) is 0 Å². The molecule has 0 bridgehead atoms. The Bertz CT molecular complexity index is 1990. The molecule has 1 aromatic heterocycles. The van der Waals surface area contributed by atoms with Crippen LogP contribution in [0.4, 0.5) is 0 Å². The number of aliphatic hydroxyl groups is 1. The molecule has 0 spiro atoms. The molecule has 4 aromatic rings. The van der Waals surface area contributed by atoms with E-state index in [2.05, 4.69) is 61.8 Å². The van der Waals surface area contributed by atoms with Crippen molar-refractivity contribution < 1.29 is 33.0 Å². The van der Waals surface area contributed by atoms with Crippen molar-refractivity contribution in [2.45, 2.75) is 70.0 Å². The number of carbonyl (C=O) groups excluding carboxylic acids is 2. The number of halogens is 1. The maximum absolute atomic E-state index is 14.5. The van der Waals surface area contributed by atoms with Crippen LogP contribution in [0.25, 0.3) is 11.0 Å². The van der Waals surface area contributed by atoms with Gasteiger partial charge < -0.3 is 33.6 Å². The molecule has 2 N–H and O–H groups in total. The highest BCUT2D eigenvalue weighted by Gasteiger charge is 2.42. The molecule has 2 amide bonds. The summed E-state index contributed by atoms with van der Waals surface area (Å²) in [5.74, 6) is 0.214. The Balaban J connectivity index is 1.49. The van der Waals surface area contributed by atoms with E-state index >= 15 is 0 Å². The van der Waals surface area contributed by atoms with Crippen LogP contribution in [0.1, 0.15) is 43.1 Å². The van der Waals surface area contributed by atoms with E-state index in [1.165, 1.54) is 11.0 Å². The van der Waals surface area contributed by atoms with Gasteiger partial charge in [-0.25, -0.2) is 4.79 Å². The van der Waals surface area contributed by atoms with Gasteiger partial charge in [0, 0.05) is 30.5 Å². The Morgan fingerprint density at radius 1 is 1.04 bits per heavy atom. The van der Waals surface area contributed by atoms with Crippen LogP contribution in [0.2, 0.25) is 18.1 Å². The van der Waals surface area contributed by atoms with Gasteiger partial charge in [0.2, 0.25) is 5.91 Å². The number of ether oxygens (including phenoxy) is 2. The van der Waals surface area contributed by atoms with Crippen LogP contribution in [-0.2, 0) is 15.6 Å². The van der Waals surface area contributed by atoms with E-state index in [1.807, 2.05) is 42.5 Å². The van der Waals surface area contributed by atoms with Crippen molar-refractivity contribution in [3.8, 4) is 11.5 Å². The van der Waals surface area contributed by atoms with E-state index in [1.54, 1.807) is 43.5 Å². The minimum Gasteiger partial charge on any atom is -0.497 e. The number of carbonyl (C=O) groups is 2. The average Bonchev–Trinajstić information content (AvgIpc) is 3.11. The van der Waals surface area contributed by atoms with Gasteiger partial charge in [0.15, 0.2) is 8.32 Å². The largest absolute Gasteiger partial charge is 0.497 e. The Labute approximate surface area is 319 Å². The molecule has 52 heavy (non-hydrogen) atoms. The molecule has 3 aromatic carbocycles. The van der Waals surface area contributed by atoms with Gasteiger partial charge in [0.1, 0.15) is 34.9 Å². The molecule has 1 aliphatic carbocycles. The Kier molecular flexibility index (Phi) is 12.7. The molecule has 3 atom stereocenters. The fourth-order valence-electron chi connectivity index (χ4n) is 5.85. The van der Waals surface area contributed by atoms with Crippen LogP contribution in [0.3, 0.4) is 0 Å². The molecule has 1 heterocycles. The first-order valence-corrected chi connectivity index (χ1v) is 21.4. The van der Waals surface area contributed by atoms with E-state index in [-0.39, 0.29) is 36.0 Å². The van der Waals surface area contributed by atoms with Gasteiger partial charge >= 0.3 is 5.63 Å². The van der Waals surface area contributed by atoms with E-state index in [0.29, 0.717) is 41.1 Å². The summed E-state index contributed by atoms with van der Waals surface area (Å²) in [6.07, 6.45) is -0.216. The lowest BCUT2D eigenvalue weighted by Gasteiger charge is -2.40. The van der Waals surface area contributed by atoms with Crippen molar-refractivity contribution in [2.24, 2.45) is 0 Å². The average molecular weight is 839 g/mol. The molecule has 0 aliphatic heterocycles. The highest BCUT2D eigenvalue weighted by atomic mass is 127. The summed E-state index contributed by atoms with van der Waals surface area (Å²) in [5, 5.41) is 15.6. The number of rotatable bonds is 13. The maximum atomic E-state index is 14.5. The summed E-state index contributed by atoms with van der Waals surface area (Å²) in [6, 6.07) is 22.4. The molecule has 0 fully saturated rings. The monoisotopic (exact) mass is 838 g/mol. The quantitative estimate of drug-likeness (QED) is 0.0657. The number of nitrogens with zero attached hydrogens (tertiary/aromatic N) is 1. The Morgan fingerprint density at radius 3 is 2.50 bits per heavy atom. The molecule has 0 radical (unpaired) electrons. The lowest BCUT2D eigenvalue weighted by molar-refractivity contribution is -0.118. The Morgan fingerprint density at radius 2 is 1.77 bits per heavy atom. The van der Waals surface area contributed by atoms with Crippen molar-refractivity contribution in [1.29, 1.82) is 0 Å². The van der Waals surface area contributed by atoms with Crippen molar-refractivity contribution in [1.82, 2.24) is 10.2 Å². The number of fused-ring (bicyclic) bond motifs is 1. The highest BCUT2D eigenvalue weighted by Crippen LogP contribution is 2.36. The second kappa shape index (κ2) is 16.8. The molecular formula is C40H47IN2O8Si. The van der Waals surface area contributed by atoms with Gasteiger partial charge in [-0.1, -0.05) is 63.2 Å². The minimum absolute atomic E-state index is 0.0185. The number of nitrogens with one attached hydrogen (secondary N) is 1. The predicted molar refractivity (Wildman–Crippen MR) is 212 cm³/mol. The molecule has 276 valence electrons. The fraction of sp³-hybridized carbons (Fsp3) is 0.375. The number of para-hydroxylation sites is 2. The first-order valence-electron chi connectivity index (χ1n) is 17.4. The third kappa shape index (κ3) is 9.32. The normalized spacial score (nSPS) is 17.7. The zero-order valence-corrected chi connectivity index (χ0v) is 33.6. The van der Waals surface area contributed by atoms with Crippen molar-refractivity contribution in [3.63, 3.8) is 0 Å². The second-order valence-electron chi connectivity index (χ2n) is 14.4. The topological polar surface area (TPSA) is 128 Å². The third-order valence-electron chi connectivity index (χ3n) is 9.88. The van der Waals surface area contributed by atoms with Crippen LogP contribution in [0.15, 0.2) is 99.7 Å². The van der Waals surface area contributed by atoms with E-state index < -0.39 is 38.1 Å². The number of hydrogen-bond acceptors (Lipinski definition) is 8. The summed E-state index contributed by atoms with van der Waals surface area (Å²) in [4.78, 5) is 43.1. The van der Waals surface area contributed by atoms with Gasteiger partial charge in [-0.05, 0) is 95.2 Å². The van der Waals surface area contributed by atoms with Crippen LogP contribution in [0, 0.1) is 3.57 Å². The zero-order valence-electron chi connectivity index (χ0n) is 30.5. The van der Waals surface area contributed by atoms with Crippen LogP contribution in [-0.4, -0.2) is 75.2 Å². The first kappa shape index (κ1) is 39.2. The van der Waals surface area contributed by atoms with Gasteiger partial charge in [-0.3, -0.25) is 9.59 Å². The lowest BCUT2D eigenvalue weighted by atomic mass is 9.87. The van der Waals surface area contributed by atoms with Gasteiger partial charge in [0.05, 0.1) is 23.3 Å². The summed E-state index contributed by atoms with van der Waals surface area (Å²) < 4.78 is 24.4. The Hall–Kier alpha value is -3.98. The number of hydrogen-bond donors (Lipinski definition) is 2. The van der Waals surface area contributed by atoms with Crippen LogP contribution < -0.4 is 20.4 Å². The number of aliphatic hydroxyl groups excluding tert-OH is 1. The second-order valence-corrected chi connectivity index (χ2v) is 20.4. The molecule has 5 rings (SSSR count). The smallest absolute Gasteiger partial charge is 0.349 e. The van der Waals surface area contributed by atoms with Gasteiger partial charge in [-0.15, -0.1) is 0 Å². The number of methoxy groups -OCH3 is 1. The minimum atomic E-state index is -2.03. The summed E-state index contributed by atoms with van der Waals surface area (Å²) >= 11 is 2.15. The summed E-state index contributed by atoms with van der Waals surface area (Å²) in [6.45, 7) is 11.6. The molecule has 0 saturated heterocycles. The van der Waals surface area contributed by atoms with Gasteiger partial charge in [0.25, 0.3) is 5.91 Å². The zero-order chi connectivity index (χ0) is 37.6. The molecule has 1 aliphatic rings. The summed E-state index contributed by atoms with van der Waals surface area (Å²) in [7, 11) is -0.444. The summed E-state index contributed by atoms with van der Waals surface area (Å²) in [5.41, 5.74) is 0.630. The maximum Gasteiger partial charge on any atom is 0.349 e. The van der Waals surface area contributed by atoms with E-state index in [0.717, 1.165) is 9.13 Å². The highest BCUT2D eigenvalue weighted by molar-refractivity contribution is 14.1. The molecule has 12 heteroatoms. The third-order valence-corrected chi connectivity index (χ3v) is 15.3. The molecule has 0 saturated carbocycles. The van der Waals surface area contributed by atoms with E-state index in [4.69, 9.17) is 18.3 Å². The first-order chi connectivity index (χ1) is 24.7. The molecular weight excluding hydrogens is 791 g/mol. The van der Waals surface area contributed by atoms with Crippen molar-refractivity contribution >= 4 is 53.7 Å². The standard InChI is InChI=1S/C40H47IN2O8Si/c1-40(2,3)52(5,6)49-21-19-42-37(45)28-24-32(36(44)35(25-28)50-34-17-10-8-15-31(34)41)43(20-18-26-12-11-14-29(22-26)48-4)38(46)30-23-27-13-7-9-16-33(27)51-39(30)47/h7-17,22-23,25,32,35-36,44H,18-21,24H2,1-6H3,(H,42,45)/t32-,35+,36+/m1/s1. The SMILES string of the molecule is COc1cccc(CCN(C(=O)c2cc3ccccc3oc2=O)[C@@H]2CC(C(=O)NCCO[Si](C)(C)C(C)(C)C)=C[C@H](Oc3ccccc3I)[C@H]2O)c1. The van der Waals surface area contributed by atoms with Crippen LogP contribution >= 0.6 is 22.6 Å². The molecule has 0 unspecified atom stereocenters. The van der Waals surface area contributed by atoms with E-state index in [9.17, 15) is 19.5 Å². The number of amides is 2. The lowest BCUT2D eigenvalue weighted by Crippen LogP contribution is -2.56. The fourth-order valence-corrected chi connectivity index (χ4v) is 7.41. The van der Waals surface area contributed by atoms with Crippen LogP contribution in [0.5, 0.6) is 11.5 Å². The van der Waals surface area contributed by atoms with Crippen molar-refractivity contribution in [3.05, 3.63) is 116 Å².